The van der Waals surface area contributed by atoms with Crippen molar-refractivity contribution in [2.45, 2.75) is 6.43 Å². The van der Waals surface area contributed by atoms with Gasteiger partial charge in [-0.05, 0) is 6.07 Å². The highest BCUT2D eigenvalue weighted by molar-refractivity contribution is 5.93. The van der Waals surface area contributed by atoms with Gasteiger partial charge < -0.3 is 15.7 Å². The topological polar surface area (TPSA) is 99.1 Å². The minimum absolute atomic E-state index is 0.00824. The second kappa shape index (κ2) is 6.04. The molecule has 0 aliphatic rings. The number of anilines is 1. The smallest absolute Gasteiger partial charge is 0.255 e. The molecule has 0 aliphatic carbocycles. The zero-order chi connectivity index (χ0) is 12.8. The number of hydrogen-bond donors (Lipinski definition) is 3. The van der Waals surface area contributed by atoms with Crippen LogP contribution in [0.1, 0.15) is 5.69 Å². The average Bonchev–Trinajstić information content (AvgIpc) is 2.28. The van der Waals surface area contributed by atoms with E-state index in [1.807, 2.05) is 0 Å². The first-order valence-corrected chi connectivity index (χ1v) is 4.86. The molecule has 0 unspecified atom stereocenters. The largest absolute Gasteiger partial charge is 0.395 e. The summed E-state index contributed by atoms with van der Waals surface area (Å²) < 4.78 is 24.6. The second-order valence-corrected chi connectivity index (χ2v) is 3.22. The van der Waals surface area contributed by atoms with E-state index in [0.29, 0.717) is 0 Å². The Morgan fingerprint density at radius 2 is 2.29 bits per heavy atom. The minimum Gasteiger partial charge on any atom is -0.395 e. The first-order chi connectivity index (χ1) is 8.04. The van der Waals surface area contributed by atoms with E-state index >= 15 is 0 Å². The van der Waals surface area contributed by atoms with Gasteiger partial charge in [0.1, 0.15) is 11.5 Å². The van der Waals surface area contributed by atoms with Crippen molar-refractivity contribution in [3.63, 3.8) is 0 Å². The predicted molar refractivity (Wildman–Crippen MR) is 58.4 cm³/mol. The van der Waals surface area contributed by atoms with Gasteiger partial charge in [-0.3, -0.25) is 5.41 Å². The van der Waals surface area contributed by atoms with Crippen LogP contribution in [0.5, 0.6) is 0 Å². The van der Waals surface area contributed by atoms with Crippen LogP contribution in [0.2, 0.25) is 0 Å². The molecule has 8 heteroatoms. The fourth-order valence-electron chi connectivity index (χ4n) is 1.21. The average molecular weight is 245 g/mol. The Morgan fingerprint density at radius 1 is 1.59 bits per heavy atom. The number of hydrogen-bond acceptors (Lipinski definition) is 5. The second-order valence-electron chi connectivity index (χ2n) is 3.22. The molecule has 0 amide bonds. The number of nitrogens with zero attached hydrogens (tertiary/aromatic N) is 3. The van der Waals surface area contributed by atoms with Gasteiger partial charge in [0.05, 0.1) is 13.2 Å². The molecule has 1 heterocycles. The highest BCUT2D eigenvalue weighted by Gasteiger charge is 2.15. The van der Waals surface area contributed by atoms with Gasteiger partial charge in [-0.1, -0.05) is 0 Å². The number of aliphatic hydroxyl groups excluding tert-OH is 1. The SMILES string of the molecule is N=C(N)c1ccnc(N(CCO)CC(F)F)n1. The molecule has 0 atom stereocenters. The highest BCUT2D eigenvalue weighted by atomic mass is 19.3. The summed E-state index contributed by atoms with van der Waals surface area (Å²) in [6.07, 6.45) is -1.24. The first-order valence-electron chi connectivity index (χ1n) is 4.86. The van der Waals surface area contributed by atoms with Crippen LogP contribution < -0.4 is 10.6 Å². The number of rotatable bonds is 6. The van der Waals surface area contributed by atoms with Gasteiger partial charge in [0.25, 0.3) is 6.43 Å². The summed E-state index contributed by atoms with van der Waals surface area (Å²) in [5.41, 5.74) is 5.39. The number of aromatic nitrogens is 2. The lowest BCUT2D eigenvalue weighted by atomic mass is 10.4. The summed E-state index contributed by atoms with van der Waals surface area (Å²) in [4.78, 5) is 8.81. The van der Waals surface area contributed by atoms with E-state index in [1.54, 1.807) is 0 Å². The maximum absolute atomic E-state index is 12.3. The number of alkyl halides is 2. The Morgan fingerprint density at radius 3 is 2.82 bits per heavy atom. The summed E-state index contributed by atoms with van der Waals surface area (Å²) >= 11 is 0. The summed E-state index contributed by atoms with van der Waals surface area (Å²) in [6.45, 7) is -0.881. The van der Waals surface area contributed by atoms with Crippen LogP contribution in [0.4, 0.5) is 14.7 Å². The molecule has 0 saturated carbocycles. The Balaban J connectivity index is 2.92. The van der Waals surface area contributed by atoms with Crippen LogP contribution in [0, 0.1) is 5.41 Å². The monoisotopic (exact) mass is 245 g/mol. The van der Waals surface area contributed by atoms with Crippen LogP contribution in [-0.2, 0) is 0 Å². The van der Waals surface area contributed by atoms with Crippen LogP contribution in [0.15, 0.2) is 12.3 Å². The van der Waals surface area contributed by atoms with Crippen molar-refractivity contribution in [2.24, 2.45) is 5.73 Å². The van der Waals surface area contributed by atoms with E-state index in [0.717, 1.165) is 4.90 Å². The molecule has 0 radical (unpaired) electrons. The molecular formula is C9H13F2N5O. The molecule has 0 fully saturated rings. The van der Waals surface area contributed by atoms with Gasteiger partial charge in [-0.2, -0.15) is 0 Å². The van der Waals surface area contributed by atoms with E-state index < -0.39 is 13.0 Å². The Bertz CT molecular complexity index is 387. The quantitative estimate of drug-likeness (QED) is 0.477. The lowest BCUT2D eigenvalue weighted by Crippen LogP contribution is -2.33. The fraction of sp³-hybridized carbons (Fsp3) is 0.444. The number of nitrogen functional groups attached to an aromatic ring is 1. The van der Waals surface area contributed by atoms with Gasteiger partial charge in [0.2, 0.25) is 5.95 Å². The van der Waals surface area contributed by atoms with Gasteiger partial charge in [-0.15, -0.1) is 0 Å². The van der Waals surface area contributed by atoms with E-state index in [4.69, 9.17) is 16.2 Å². The van der Waals surface area contributed by atoms with Crippen molar-refractivity contribution in [3.05, 3.63) is 18.0 Å². The van der Waals surface area contributed by atoms with Crippen molar-refractivity contribution in [3.8, 4) is 0 Å². The Hall–Kier alpha value is -1.83. The zero-order valence-electron chi connectivity index (χ0n) is 8.98. The third-order valence-corrected chi connectivity index (χ3v) is 1.93. The van der Waals surface area contributed by atoms with Gasteiger partial charge in [0.15, 0.2) is 0 Å². The molecule has 6 nitrogen and oxygen atoms in total. The van der Waals surface area contributed by atoms with Crippen molar-refractivity contribution < 1.29 is 13.9 Å². The molecular weight excluding hydrogens is 232 g/mol. The lowest BCUT2D eigenvalue weighted by Gasteiger charge is -2.21. The molecule has 0 spiro atoms. The van der Waals surface area contributed by atoms with Crippen molar-refractivity contribution in [2.75, 3.05) is 24.6 Å². The first kappa shape index (κ1) is 13.2. The summed E-state index contributed by atoms with van der Waals surface area (Å²) in [7, 11) is 0. The molecule has 1 rings (SSSR count). The van der Waals surface area contributed by atoms with Crippen molar-refractivity contribution in [1.29, 1.82) is 5.41 Å². The fourth-order valence-corrected chi connectivity index (χ4v) is 1.21. The molecule has 0 bridgehead atoms. The molecule has 0 saturated heterocycles. The molecule has 1 aromatic heterocycles. The molecule has 94 valence electrons. The predicted octanol–water partition coefficient (Wildman–Crippen LogP) is -0.176. The number of halogens is 2. The van der Waals surface area contributed by atoms with Crippen molar-refractivity contribution >= 4 is 11.8 Å². The van der Waals surface area contributed by atoms with E-state index in [1.165, 1.54) is 12.3 Å². The Labute approximate surface area is 96.6 Å². The number of amidine groups is 1. The number of nitrogens with one attached hydrogen (secondary N) is 1. The third kappa shape index (κ3) is 3.91. The lowest BCUT2D eigenvalue weighted by molar-refractivity contribution is 0.152. The molecule has 0 aliphatic heterocycles. The normalized spacial score (nSPS) is 10.6. The third-order valence-electron chi connectivity index (χ3n) is 1.93. The van der Waals surface area contributed by atoms with Crippen LogP contribution in [0.3, 0.4) is 0 Å². The minimum atomic E-state index is -2.56. The van der Waals surface area contributed by atoms with Gasteiger partial charge in [-0.25, -0.2) is 18.7 Å². The van der Waals surface area contributed by atoms with Gasteiger partial charge >= 0.3 is 0 Å². The van der Waals surface area contributed by atoms with Crippen LogP contribution >= 0.6 is 0 Å². The Kier molecular flexibility index (Phi) is 4.70. The molecule has 1 aromatic rings. The maximum atomic E-state index is 12.3. The van der Waals surface area contributed by atoms with Gasteiger partial charge in [0, 0.05) is 12.7 Å². The molecule has 0 aromatic carbocycles. The number of aliphatic hydroxyl groups is 1. The summed E-state index contributed by atoms with van der Waals surface area (Å²) in [5, 5.41) is 16.0. The zero-order valence-corrected chi connectivity index (χ0v) is 8.98. The van der Waals surface area contributed by atoms with Crippen LogP contribution in [-0.4, -0.2) is 47.0 Å². The number of nitrogens with two attached hydrogens (primary N) is 1. The molecule has 17 heavy (non-hydrogen) atoms. The summed E-state index contributed by atoms with van der Waals surface area (Å²) in [5.74, 6) is -0.248. The maximum Gasteiger partial charge on any atom is 0.255 e. The van der Waals surface area contributed by atoms with Crippen molar-refractivity contribution in [1.82, 2.24) is 9.97 Å². The van der Waals surface area contributed by atoms with E-state index in [-0.39, 0.29) is 30.6 Å². The van der Waals surface area contributed by atoms with E-state index in [9.17, 15) is 8.78 Å². The standard InChI is InChI=1S/C9H13F2N5O/c10-7(11)5-16(3-4-17)9-14-2-1-6(15-9)8(12)13/h1-2,7,17H,3-5H2,(H3,12,13). The molecule has 4 N–H and O–H groups in total. The highest BCUT2D eigenvalue weighted by Crippen LogP contribution is 2.09. The van der Waals surface area contributed by atoms with E-state index in [2.05, 4.69) is 9.97 Å². The summed E-state index contributed by atoms with van der Waals surface area (Å²) in [6, 6.07) is 1.41. The van der Waals surface area contributed by atoms with Crippen LogP contribution in [0.25, 0.3) is 0 Å².